The molecule has 1 atom stereocenters. The third-order valence-electron chi connectivity index (χ3n) is 2.58. The first-order chi connectivity index (χ1) is 7.95. The molecule has 0 bridgehead atoms. The van der Waals surface area contributed by atoms with Crippen LogP contribution in [0, 0.1) is 6.92 Å². The lowest BCUT2D eigenvalue weighted by atomic mass is 10.1. The second kappa shape index (κ2) is 6.52. The van der Waals surface area contributed by atoms with Gasteiger partial charge in [0.15, 0.2) is 0 Å². The lowest BCUT2D eigenvalue weighted by Crippen LogP contribution is -2.32. The van der Waals surface area contributed by atoms with E-state index in [1.165, 1.54) is 11.3 Å². The van der Waals surface area contributed by atoms with Crippen LogP contribution < -0.4 is 4.72 Å². The summed E-state index contributed by atoms with van der Waals surface area (Å²) in [5.74, 6) is 0. The third kappa shape index (κ3) is 4.77. The predicted octanol–water partition coefficient (Wildman–Crippen LogP) is 3.30. The maximum absolute atomic E-state index is 12.0. The summed E-state index contributed by atoms with van der Waals surface area (Å²) in [5, 5.41) is 0. The van der Waals surface area contributed by atoms with Gasteiger partial charge in [0.1, 0.15) is 4.21 Å². The Balaban J connectivity index is 2.55. The normalized spacial score (nSPS) is 13.8. The highest BCUT2D eigenvalue weighted by atomic mass is 32.2. The molecule has 1 rings (SSSR count). The van der Waals surface area contributed by atoms with Crippen LogP contribution in [0.15, 0.2) is 16.3 Å². The van der Waals surface area contributed by atoms with Crippen LogP contribution in [0.5, 0.6) is 0 Å². The lowest BCUT2D eigenvalue weighted by Gasteiger charge is -2.12. The molecule has 3 nitrogen and oxygen atoms in total. The van der Waals surface area contributed by atoms with Crippen LogP contribution in [0.25, 0.3) is 0 Å². The Bertz CT molecular complexity index is 437. The molecule has 0 spiro atoms. The average molecular weight is 275 g/mol. The smallest absolute Gasteiger partial charge is 0.208 e. The molecule has 0 aromatic carbocycles. The van der Waals surface area contributed by atoms with Crippen molar-refractivity contribution in [3.05, 3.63) is 17.0 Å². The maximum atomic E-state index is 12.0. The number of unbranched alkanes of at least 4 members (excludes halogenated alkanes) is 2. The zero-order valence-corrected chi connectivity index (χ0v) is 12.3. The molecule has 1 aromatic rings. The zero-order chi connectivity index (χ0) is 12.9. The van der Waals surface area contributed by atoms with Crippen molar-refractivity contribution in [1.82, 2.24) is 4.72 Å². The fraction of sp³-hybridized carbons (Fsp3) is 0.667. The van der Waals surface area contributed by atoms with Gasteiger partial charge in [-0.05, 0) is 32.4 Å². The van der Waals surface area contributed by atoms with Crippen molar-refractivity contribution < 1.29 is 8.42 Å². The minimum atomic E-state index is -3.31. The van der Waals surface area contributed by atoms with Crippen LogP contribution in [-0.4, -0.2) is 14.5 Å². The Labute approximate surface area is 108 Å². The molecule has 1 unspecified atom stereocenters. The van der Waals surface area contributed by atoms with Crippen LogP contribution in [0.2, 0.25) is 0 Å². The van der Waals surface area contributed by atoms with Crippen LogP contribution in [0.4, 0.5) is 0 Å². The van der Waals surface area contributed by atoms with Gasteiger partial charge in [0.05, 0.1) is 0 Å². The molecule has 0 amide bonds. The number of hydrogen-bond donors (Lipinski definition) is 1. The minimum Gasteiger partial charge on any atom is -0.208 e. The molecule has 0 aliphatic heterocycles. The standard InChI is InChI=1S/C12H21NO2S2/c1-4-5-6-7-10(2)13-17(14,15)12-9-8-11(3)16-12/h8-10,13H,4-7H2,1-3H3. The van der Waals surface area contributed by atoms with Gasteiger partial charge in [0.25, 0.3) is 0 Å². The van der Waals surface area contributed by atoms with Gasteiger partial charge >= 0.3 is 0 Å². The van der Waals surface area contributed by atoms with Crippen LogP contribution in [0.3, 0.4) is 0 Å². The van der Waals surface area contributed by atoms with Crippen molar-refractivity contribution in [2.75, 3.05) is 0 Å². The van der Waals surface area contributed by atoms with Crippen LogP contribution in [-0.2, 0) is 10.0 Å². The van der Waals surface area contributed by atoms with E-state index < -0.39 is 10.0 Å². The van der Waals surface area contributed by atoms with E-state index in [1.807, 2.05) is 19.9 Å². The van der Waals surface area contributed by atoms with E-state index in [4.69, 9.17) is 0 Å². The zero-order valence-electron chi connectivity index (χ0n) is 10.7. The molecule has 1 heterocycles. The van der Waals surface area contributed by atoms with Gasteiger partial charge in [-0.15, -0.1) is 11.3 Å². The molecule has 98 valence electrons. The third-order valence-corrected chi connectivity index (χ3v) is 5.66. The Morgan fingerprint density at radius 3 is 2.59 bits per heavy atom. The summed E-state index contributed by atoms with van der Waals surface area (Å²) in [6.07, 6.45) is 4.29. The summed E-state index contributed by atoms with van der Waals surface area (Å²) in [4.78, 5) is 1.02. The van der Waals surface area contributed by atoms with Gasteiger partial charge in [-0.25, -0.2) is 13.1 Å². The van der Waals surface area contributed by atoms with E-state index in [0.717, 1.165) is 30.6 Å². The Hall–Kier alpha value is -0.390. The Kier molecular flexibility index (Phi) is 5.62. The molecule has 5 heteroatoms. The van der Waals surface area contributed by atoms with Gasteiger partial charge < -0.3 is 0 Å². The summed E-state index contributed by atoms with van der Waals surface area (Å²) < 4.78 is 27.1. The molecular formula is C12H21NO2S2. The Morgan fingerprint density at radius 2 is 2.06 bits per heavy atom. The quantitative estimate of drug-likeness (QED) is 0.776. The minimum absolute atomic E-state index is 0.00829. The van der Waals surface area contributed by atoms with Crippen molar-refractivity contribution in [3.8, 4) is 0 Å². The summed E-state index contributed by atoms with van der Waals surface area (Å²) in [5.41, 5.74) is 0. The molecule has 0 saturated carbocycles. The van der Waals surface area contributed by atoms with E-state index in [2.05, 4.69) is 11.6 Å². The maximum Gasteiger partial charge on any atom is 0.250 e. The summed E-state index contributed by atoms with van der Waals surface area (Å²) in [6, 6.07) is 3.51. The summed E-state index contributed by atoms with van der Waals surface area (Å²) >= 11 is 1.31. The molecule has 0 aliphatic carbocycles. The van der Waals surface area contributed by atoms with Crippen molar-refractivity contribution in [3.63, 3.8) is 0 Å². The number of aryl methyl sites for hydroxylation is 1. The Morgan fingerprint density at radius 1 is 1.35 bits per heavy atom. The highest BCUT2D eigenvalue weighted by Gasteiger charge is 2.18. The number of hydrogen-bond acceptors (Lipinski definition) is 3. The summed E-state index contributed by atoms with van der Waals surface area (Å²) in [6.45, 7) is 5.98. The van der Waals surface area contributed by atoms with Crippen molar-refractivity contribution >= 4 is 21.4 Å². The molecule has 0 fully saturated rings. The average Bonchev–Trinajstić information content (AvgIpc) is 2.65. The first kappa shape index (κ1) is 14.7. The van der Waals surface area contributed by atoms with E-state index in [1.54, 1.807) is 6.07 Å². The molecule has 0 aliphatic rings. The van der Waals surface area contributed by atoms with Crippen LogP contribution >= 0.6 is 11.3 Å². The molecule has 1 N–H and O–H groups in total. The van der Waals surface area contributed by atoms with Gasteiger partial charge in [-0.3, -0.25) is 0 Å². The number of sulfonamides is 1. The molecule has 0 saturated heterocycles. The predicted molar refractivity (Wildman–Crippen MR) is 73.0 cm³/mol. The van der Waals surface area contributed by atoms with Crippen LogP contribution in [0.1, 0.15) is 44.4 Å². The number of thiophene rings is 1. The van der Waals surface area contributed by atoms with Gasteiger partial charge in [-0.1, -0.05) is 26.2 Å². The highest BCUT2D eigenvalue weighted by Crippen LogP contribution is 2.21. The fourth-order valence-electron chi connectivity index (χ4n) is 1.64. The second-order valence-electron chi connectivity index (χ2n) is 4.38. The van der Waals surface area contributed by atoms with Gasteiger partial charge in [0, 0.05) is 10.9 Å². The monoisotopic (exact) mass is 275 g/mol. The summed E-state index contributed by atoms with van der Waals surface area (Å²) in [7, 11) is -3.31. The van der Waals surface area contributed by atoms with E-state index in [9.17, 15) is 8.42 Å². The van der Waals surface area contributed by atoms with Gasteiger partial charge in [0.2, 0.25) is 10.0 Å². The SMILES string of the molecule is CCCCCC(C)NS(=O)(=O)c1ccc(C)s1. The van der Waals surface area contributed by atoms with E-state index >= 15 is 0 Å². The first-order valence-electron chi connectivity index (χ1n) is 6.04. The largest absolute Gasteiger partial charge is 0.250 e. The molecule has 1 aromatic heterocycles. The fourth-order valence-corrected chi connectivity index (χ4v) is 4.22. The highest BCUT2D eigenvalue weighted by molar-refractivity contribution is 7.91. The van der Waals surface area contributed by atoms with Crippen molar-refractivity contribution in [1.29, 1.82) is 0 Å². The molecule has 17 heavy (non-hydrogen) atoms. The second-order valence-corrected chi connectivity index (χ2v) is 7.61. The molecular weight excluding hydrogens is 254 g/mol. The van der Waals surface area contributed by atoms with Crippen molar-refractivity contribution in [2.45, 2.75) is 56.7 Å². The van der Waals surface area contributed by atoms with E-state index in [-0.39, 0.29) is 6.04 Å². The van der Waals surface area contributed by atoms with Gasteiger partial charge in [-0.2, -0.15) is 0 Å². The van der Waals surface area contributed by atoms with E-state index in [0.29, 0.717) is 4.21 Å². The lowest BCUT2D eigenvalue weighted by molar-refractivity contribution is 0.528. The number of nitrogens with one attached hydrogen (secondary N) is 1. The topological polar surface area (TPSA) is 46.2 Å². The number of rotatable bonds is 7. The van der Waals surface area contributed by atoms with Crippen molar-refractivity contribution in [2.24, 2.45) is 0 Å². The first-order valence-corrected chi connectivity index (χ1v) is 8.34. The molecule has 0 radical (unpaired) electrons.